The summed E-state index contributed by atoms with van der Waals surface area (Å²) in [6.45, 7) is -0.00990. The minimum absolute atomic E-state index is 0.00433. The van der Waals surface area contributed by atoms with Gasteiger partial charge < -0.3 is 9.47 Å². The van der Waals surface area contributed by atoms with Crippen LogP contribution in [0.3, 0.4) is 0 Å². The molecule has 0 spiro atoms. The summed E-state index contributed by atoms with van der Waals surface area (Å²) in [5.74, 6) is -1.23. The summed E-state index contributed by atoms with van der Waals surface area (Å²) < 4.78 is 63.2. The Morgan fingerprint density at radius 3 is 1.69 bits per heavy atom. The first-order valence-electron chi connectivity index (χ1n) is 11.6. The van der Waals surface area contributed by atoms with Gasteiger partial charge in [-0.3, -0.25) is 9.44 Å². The molecule has 13 heteroatoms. The number of sulfonamides is 2. The van der Waals surface area contributed by atoms with E-state index in [1.165, 1.54) is 42.1 Å². The molecular weight excluding hydrogens is 564 g/mol. The second-order valence-electron chi connectivity index (χ2n) is 8.81. The number of ether oxygens (including phenoxy) is 2. The van der Waals surface area contributed by atoms with Gasteiger partial charge >= 0.3 is 11.9 Å². The van der Waals surface area contributed by atoms with Crippen LogP contribution in [-0.2, 0) is 29.5 Å². The number of esters is 2. The number of thioether (sulfide) groups is 1. The van der Waals surface area contributed by atoms with Gasteiger partial charge in [0.15, 0.2) is 0 Å². The van der Waals surface area contributed by atoms with Crippen molar-refractivity contribution < 1.29 is 35.9 Å². The largest absolute Gasteiger partial charge is 0.462 e. The van der Waals surface area contributed by atoms with Crippen molar-refractivity contribution in [3.05, 3.63) is 65.7 Å². The fourth-order valence-electron chi connectivity index (χ4n) is 4.09. The number of fused-ring (bicyclic) bond motifs is 6. The summed E-state index contributed by atoms with van der Waals surface area (Å²) in [7, 11) is -7.19. The molecule has 39 heavy (non-hydrogen) atoms. The molecule has 0 unspecified atom stereocenters. The molecule has 3 aromatic rings. The average molecular weight is 591 g/mol. The van der Waals surface area contributed by atoms with Crippen molar-refractivity contribution in [1.29, 1.82) is 0 Å². The van der Waals surface area contributed by atoms with Crippen molar-refractivity contribution in [3.8, 4) is 22.3 Å². The highest BCUT2D eigenvalue weighted by molar-refractivity contribution is 7.98. The van der Waals surface area contributed by atoms with E-state index in [0.29, 0.717) is 22.3 Å². The van der Waals surface area contributed by atoms with Gasteiger partial charge in [0.1, 0.15) is 0 Å². The first kappa shape index (κ1) is 28.5. The van der Waals surface area contributed by atoms with Crippen LogP contribution in [0.5, 0.6) is 0 Å². The van der Waals surface area contributed by atoms with Gasteiger partial charge in [0.05, 0.1) is 36.9 Å². The molecule has 206 valence electrons. The third kappa shape index (κ3) is 7.11. The van der Waals surface area contributed by atoms with E-state index < -0.39 is 32.0 Å². The number of rotatable bonds is 5. The molecule has 4 rings (SSSR count). The Morgan fingerprint density at radius 1 is 0.667 bits per heavy atom. The highest BCUT2D eigenvalue weighted by atomic mass is 32.2. The topological polar surface area (TPSA) is 145 Å². The van der Waals surface area contributed by atoms with Gasteiger partial charge in [-0.25, -0.2) is 26.4 Å². The molecule has 2 N–H and O–H groups in total. The molecule has 3 aromatic carbocycles. The Hall–Kier alpha value is -3.55. The van der Waals surface area contributed by atoms with Crippen molar-refractivity contribution in [2.24, 2.45) is 0 Å². The first-order chi connectivity index (χ1) is 18.3. The minimum atomic E-state index is -3.60. The molecule has 1 heterocycles. The molecule has 0 fully saturated rings. The molecular formula is C26H26N2O8S3. The van der Waals surface area contributed by atoms with E-state index in [2.05, 4.69) is 9.44 Å². The fraction of sp³-hybridized carbons (Fsp3) is 0.231. The normalized spacial score (nSPS) is 14.2. The summed E-state index contributed by atoms with van der Waals surface area (Å²) in [4.78, 5) is 26.8. The van der Waals surface area contributed by atoms with Crippen molar-refractivity contribution in [3.63, 3.8) is 0 Å². The van der Waals surface area contributed by atoms with Crippen molar-refractivity contribution in [1.82, 2.24) is 0 Å². The number of hydrogen-bond donors (Lipinski definition) is 2. The summed E-state index contributed by atoms with van der Waals surface area (Å²) in [5.41, 5.74) is 2.92. The number of benzene rings is 3. The maximum Gasteiger partial charge on any atom is 0.338 e. The minimum Gasteiger partial charge on any atom is -0.462 e. The van der Waals surface area contributed by atoms with E-state index in [-0.39, 0.29) is 42.1 Å². The van der Waals surface area contributed by atoms with Crippen LogP contribution < -0.4 is 9.44 Å². The molecule has 0 radical (unpaired) electrons. The van der Waals surface area contributed by atoms with E-state index in [4.69, 9.17) is 9.47 Å². The smallest absolute Gasteiger partial charge is 0.338 e. The standard InChI is InChI=1S/C26H26N2O8S3/c1-37-24-10-5-16-13-23(24)22-15-18(28-39(3,33)34)7-9-20(22)26(30)36-12-4-11-35-25(29)19-8-6-17(14-21(16)19)27-38(2,31)32/h5-10,13-15,27-28H,4,11-12H2,1-3H3. The van der Waals surface area contributed by atoms with Crippen LogP contribution in [-0.4, -0.2) is 60.8 Å². The van der Waals surface area contributed by atoms with Crippen LogP contribution in [0, 0.1) is 0 Å². The van der Waals surface area contributed by atoms with Gasteiger partial charge in [0.2, 0.25) is 20.0 Å². The lowest BCUT2D eigenvalue weighted by atomic mass is 9.93. The molecule has 0 aromatic heterocycles. The lowest BCUT2D eigenvalue weighted by Gasteiger charge is -2.18. The van der Waals surface area contributed by atoms with Crippen LogP contribution in [0.25, 0.3) is 22.3 Å². The zero-order valence-electron chi connectivity index (χ0n) is 21.3. The Morgan fingerprint density at radius 2 is 1.18 bits per heavy atom. The third-order valence-electron chi connectivity index (χ3n) is 5.64. The zero-order chi connectivity index (χ0) is 28.4. The molecule has 1 aliphatic rings. The SMILES string of the molecule is CSc1ccc2cc1-c1cc(NS(C)(=O)=O)ccc1C(=O)OCCCOC(=O)c1ccc(NS(C)(=O)=O)cc1-2. The second-order valence-corrected chi connectivity index (χ2v) is 13.2. The molecule has 0 atom stereocenters. The van der Waals surface area contributed by atoms with Crippen LogP contribution in [0.15, 0.2) is 59.5 Å². The van der Waals surface area contributed by atoms with Gasteiger partial charge in [0, 0.05) is 22.7 Å². The van der Waals surface area contributed by atoms with E-state index in [1.54, 1.807) is 24.3 Å². The highest BCUT2D eigenvalue weighted by Crippen LogP contribution is 2.39. The van der Waals surface area contributed by atoms with Crippen molar-refractivity contribution in [2.75, 3.05) is 41.4 Å². The second kappa shape index (κ2) is 11.3. The zero-order valence-corrected chi connectivity index (χ0v) is 23.8. The van der Waals surface area contributed by atoms with Crippen molar-refractivity contribution >= 4 is 55.1 Å². The molecule has 0 saturated heterocycles. The van der Waals surface area contributed by atoms with Gasteiger partial charge in [-0.05, 0) is 77.0 Å². The highest BCUT2D eigenvalue weighted by Gasteiger charge is 2.22. The average Bonchev–Trinajstić information content (AvgIpc) is 2.85. The van der Waals surface area contributed by atoms with Crippen LogP contribution in [0.2, 0.25) is 0 Å². The summed E-state index contributed by atoms with van der Waals surface area (Å²) in [5, 5.41) is 0. The Labute approximate surface area is 231 Å². The number of nitrogens with one attached hydrogen (secondary N) is 2. The molecule has 0 aliphatic carbocycles. The maximum atomic E-state index is 13.1. The lowest BCUT2D eigenvalue weighted by Crippen LogP contribution is -2.14. The van der Waals surface area contributed by atoms with Crippen molar-refractivity contribution in [2.45, 2.75) is 11.3 Å². The van der Waals surface area contributed by atoms with Gasteiger partial charge in [-0.15, -0.1) is 11.8 Å². The predicted octanol–water partition coefficient (Wildman–Crippen LogP) is 4.20. The van der Waals surface area contributed by atoms with Gasteiger partial charge in [-0.1, -0.05) is 6.07 Å². The lowest BCUT2D eigenvalue weighted by molar-refractivity contribution is 0.0397. The summed E-state index contributed by atoms with van der Waals surface area (Å²) >= 11 is 1.41. The molecule has 0 amide bonds. The Bertz CT molecular complexity index is 1670. The maximum absolute atomic E-state index is 13.1. The quantitative estimate of drug-likeness (QED) is 0.330. The number of cyclic esters (lactones) is 2. The van der Waals surface area contributed by atoms with Crippen LogP contribution in [0.4, 0.5) is 11.4 Å². The number of carbonyl (C=O) groups excluding carboxylic acids is 2. The summed E-state index contributed by atoms with van der Waals surface area (Å²) in [6.07, 6.45) is 4.16. The van der Waals surface area contributed by atoms with Crippen LogP contribution in [0.1, 0.15) is 27.1 Å². The van der Waals surface area contributed by atoms with E-state index in [9.17, 15) is 26.4 Å². The van der Waals surface area contributed by atoms with E-state index >= 15 is 0 Å². The summed E-state index contributed by atoms with van der Waals surface area (Å²) in [6, 6.07) is 14.4. The number of carbonyl (C=O) groups is 2. The van der Waals surface area contributed by atoms with E-state index in [1.807, 2.05) is 6.26 Å². The fourth-order valence-corrected chi connectivity index (χ4v) is 5.79. The molecule has 2 bridgehead atoms. The van der Waals surface area contributed by atoms with Gasteiger partial charge in [0.25, 0.3) is 0 Å². The molecule has 1 aliphatic heterocycles. The van der Waals surface area contributed by atoms with Crippen LogP contribution >= 0.6 is 11.8 Å². The van der Waals surface area contributed by atoms with E-state index in [0.717, 1.165) is 17.4 Å². The number of anilines is 2. The first-order valence-corrected chi connectivity index (χ1v) is 16.6. The third-order valence-corrected chi connectivity index (χ3v) is 7.65. The molecule has 0 saturated carbocycles. The number of hydrogen-bond acceptors (Lipinski definition) is 9. The predicted molar refractivity (Wildman–Crippen MR) is 151 cm³/mol. The molecule has 10 nitrogen and oxygen atoms in total. The Balaban J connectivity index is 2.00. The Kier molecular flexibility index (Phi) is 8.23. The van der Waals surface area contributed by atoms with Gasteiger partial charge in [-0.2, -0.15) is 0 Å². The monoisotopic (exact) mass is 590 g/mol.